The van der Waals surface area contributed by atoms with Gasteiger partial charge in [-0.05, 0) is 23.3 Å². The number of benzene rings is 2. The van der Waals surface area contributed by atoms with E-state index in [4.69, 9.17) is 5.14 Å². The molecule has 3 nitrogen and oxygen atoms in total. The summed E-state index contributed by atoms with van der Waals surface area (Å²) in [6, 6.07) is 15.1. The molecule has 0 radical (unpaired) electrons. The van der Waals surface area contributed by atoms with Gasteiger partial charge < -0.3 is 0 Å². The van der Waals surface area contributed by atoms with Crippen LogP contribution in [-0.2, 0) is 10.0 Å². The maximum absolute atomic E-state index is 11.2. The summed E-state index contributed by atoms with van der Waals surface area (Å²) in [5.74, 6) is 0. The van der Waals surface area contributed by atoms with Crippen LogP contribution in [0.4, 0.5) is 0 Å². The van der Waals surface area contributed by atoms with Crippen molar-refractivity contribution < 1.29 is 8.42 Å². The Balaban J connectivity index is 2.33. The molecule has 20 heavy (non-hydrogen) atoms. The van der Waals surface area contributed by atoms with Crippen LogP contribution in [0, 0.1) is 0 Å². The minimum absolute atomic E-state index is 0.139. The van der Waals surface area contributed by atoms with Crippen molar-refractivity contribution >= 4 is 23.3 Å². The second-order valence-electron chi connectivity index (χ2n) is 5.90. The Labute approximate surface area is 121 Å². The van der Waals surface area contributed by atoms with E-state index in [0.29, 0.717) is 0 Å². The van der Waals surface area contributed by atoms with E-state index in [1.807, 2.05) is 0 Å². The quantitative estimate of drug-likeness (QED) is 0.886. The Kier molecular flexibility index (Phi) is 3.86. The first kappa shape index (κ1) is 15.0. The normalized spacial score (nSPS) is 12.4. The predicted molar refractivity (Wildman–Crippen MR) is 86.2 cm³/mol. The molecule has 0 saturated carbocycles. The van der Waals surface area contributed by atoms with Crippen LogP contribution in [0.25, 0.3) is 11.1 Å². The van der Waals surface area contributed by atoms with Crippen LogP contribution in [0.5, 0.6) is 0 Å². The first-order valence-electron chi connectivity index (χ1n) is 6.42. The van der Waals surface area contributed by atoms with Gasteiger partial charge in [-0.25, -0.2) is 13.6 Å². The smallest absolute Gasteiger partial charge is 0.225 e. The Bertz CT molecular complexity index is 699. The predicted octanol–water partition coefficient (Wildman–Crippen LogP) is 2.55. The number of primary sulfonamides is 1. The van der Waals surface area contributed by atoms with Crippen LogP contribution in [0.3, 0.4) is 0 Å². The Morgan fingerprint density at radius 1 is 0.800 bits per heavy atom. The van der Waals surface area contributed by atoms with Crippen LogP contribution in [-0.4, -0.2) is 16.5 Å². The molecule has 2 aromatic carbocycles. The van der Waals surface area contributed by atoms with Crippen LogP contribution in [0.2, 0.25) is 19.6 Å². The van der Waals surface area contributed by atoms with Crippen LogP contribution >= 0.6 is 0 Å². The topological polar surface area (TPSA) is 60.2 Å². The van der Waals surface area contributed by atoms with E-state index in [9.17, 15) is 8.42 Å². The lowest BCUT2D eigenvalue weighted by Gasteiger charge is -2.16. The summed E-state index contributed by atoms with van der Waals surface area (Å²) in [6.45, 7) is 6.93. The van der Waals surface area contributed by atoms with Crippen molar-refractivity contribution in [3.63, 3.8) is 0 Å². The molecule has 106 valence electrons. The summed E-state index contributed by atoms with van der Waals surface area (Å²) in [5.41, 5.74) is 2.06. The number of rotatable bonds is 3. The van der Waals surface area contributed by atoms with Crippen molar-refractivity contribution in [2.45, 2.75) is 24.5 Å². The van der Waals surface area contributed by atoms with Gasteiger partial charge in [0.1, 0.15) is 0 Å². The monoisotopic (exact) mass is 305 g/mol. The Hall–Kier alpha value is -1.43. The van der Waals surface area contributed by atoms with Crippen molar-refractivity contribution in [1.29, 1.82) is 0 Å². The third kappa shape index (κ3) is 3.36. The SMILES string of the molecule is C[Si](C)(C)c1ccc(-c2ccc(S(N)(=O)=O)cc2)cc1. The number of nitrogens with two attached hydrogens (primary N) is 1. The van der Waals surface area contributed by atoms with Gasteiger partial charge in [0.15, 0.2) is 0 Å². The first-order valence-corrected chi connectivity index (χ1v) is 11.5. The highest BCUT2D eigenvalue weighted by atomic mass is 32.2. The number of hydrogen-bond acceptors (Lipinski definition) is 2. The molecule has 2 aromatic rings. The van der Waals surface area contributed by atoms with Gasteiger partial charge >= 0.3 is 0 Å². The summed E-state index contributed by atoms with van der Waals surface area (Å²) in [4.78, 5) is 0.139. The van der Waals surface area contributed by atoms with E-state index in [1.165, 1.54) is 17.3 Å². The van der Waals surface area contributed by atoms with Gasteiger partial charge in [-0.2, -0.15) is 0 Å². The lowest BCUT2D eigenvalue weighted by Crippen LogP contribution is -2.37. The third-order valence-electron chi connectivity index (χ3n) is 3.27. The van der Waals surface area contributed by atoms with Crippen molar-refractivity contribution in [3.05, 3.63) is 48.5 Å². The molecule has 5 heteroatoms. The highest BCUT2D eigenvalue weighted by molar-refractivity contribution is 7.89. The molecule has 0 aliphatic carbocycles. The molecule has 0 spiro atoms. The van der Waals surface area contributed by atoms with E-state index in [-0.39, 0.29) is 4.90 Å². The van der Waals surface area contributed by atoms with Crippen molar-refractivity contribution in [2.75, 3.05) is 0 Å². The first-order chi connectivity index (χ1) is 9.18. The molecule has 0 aromatic heterocycles. The molecule has 0 fully saturated rings. The zero-order chi connectivity index (χ0) is 15.0. The summed E-state index contributed by atoms with van der Waals surface area (Å²) >= 11 is 0. The average molecular weight is 305 g/mol. The Morgan fingerprint density at radius 3 is 1.55 bits per heavy atom. The van der Waals surface area contributed by atoms with Crippen LogP contribution in [0.15, 0.2) is 53.4 Å². The summed E-state index contributed by atoms with van der Waals surface area (Å²) in [5, 5.41) is 6.50. The molecule has 0 aliphatic heterocycles. The minimum atomic E-state index is -3.62. The third-order valence-corrected chi connectivity index (χ3v) is 6.26. The second kappa shape index (κ2) is 5.16. The lowest BCUT2D eigenvalue weighted by molar-refractivity contribution is 0.598. The van der Waals surface area contributed by atoms with Gasteiger partial charge in [-0.15, -0.1) is 0 Å². The summed E-state index contributed by atoms with van der Waals surface area (Å²) in [7, 11) is -4.91. The molecular weight excluding hydrogens is 286 g/mol. The van der Waals surface area contributed by atoms with E-state index in [2.05, 4.69) is 43.9 Å². The summed E-state index contributed by atoms with van der Waals surface area (Å²) < 4.78 is 22.4. The van der Waals surface area contributed by atoms with Crippen molar-refractivity contribution in [3.8, 4) is 11.1 Å². The fourth-order valence-electron chi connectivity index (χ4n) is 2.00. The zero-order valence-electron chi connectivity index (χ0n) is 11.9. The summed E-state index contributed by atoms with van der Waals surface area (Å²) in [6.07, 6.45) is 0. The Morgan fingerprint density at radius 2 is 1.20 bits per heavy atom. The van der Waals surface area contributed by atoms with Gasteiger partial charge in [0.05, 0.1) is 13.0 Å². The fourth-order valence-corrected chi connectivity index (χ4v) is 3.68. The van der Waals surface area contributed by atoms with Gasteiger partial charge in [0.2, 0.25) is 10.0 Å². The maximum Gasteiger partial charge on any atom is 0.238 e. The second-order valence-corrected chi connectivity index (χ2v) is 12.5. The maximum atomic E-state index is 11.2. The highest BCUT2D eigenvalue weighted by Crippen LogP contribution is 2.20. The molecule has 0 bridgehead atoms. The van der Waals surface area contributed by atoms with Crippen molar-refractivity contribution in [2.24, 2.45) is 5.14 Å². The standard InChI is InChI=1S/C15H19NO2SSi/c1-20(2,3)15-10-6-13(7-11-15)12-4-8-14(9-5-12)19(16,17)18/h4-11H,1-3H3,(H2,16,17,18). The van der Waals surface area contributed by atoms with Gasteiger partial charge in [0.25, 0.3) is 0 Å². The zero-order valence-corrected chi connectivity index (χ0v) is 13.7. The molecular formula is C15H19NO2SSi. The van der Waals surface area contributed by atoms with Gasteiger partial charge in [0, 0.05) is 0 Å². The molecule has 0 amide bonds. The molecule has 0 aliphatic rings. The lowest BCUT2D eigenvalue weighted by atomic mass is 10.1. The number of sulfonamides is 1. The molecule has 0 heterocycles. The molecule has 0 unspecified atom stereocenters. The van der Waals surface area contributed by atoms with Gasteiger partial charge in [-0.3, -0.25) is 0 Å². The molecule has 2 rings (SSSR count). The van der Waals surface area contributed by atoms with Crippen molar-refractivity contribution in [1.82, 2.24) is 0 Å². The average Bonchev–Trinajstić information content (AvgIpc) is 2.37. The van der Waals surface area contributed by atoms with E-state index >= 15 is 0 Å². The van der Waals surface area contributed by atoms with E-state index in [0.717, 1.165) is 11.1 Å². The number of hydrogen-bond donors (Lipinski definition) is 1. The van der Waals surface area contributed by atoms with Crippen LogP contribution in [0.1, 0.15) is 0 Å². The van der Waals surface area contributed by atoms with Crippen LogP contribution < -0.4 is 10.3 Å². The fraction of sp³-hybridized carbons (Fsp3) is 0.200. The molecule has 2 N–H and O–H groups in total. The molecule has 0 atom stereocenters. The van der Waals surface area contributed by atoms with Gasteiger partial charge in [-0.1, -0.05) is 61.2 Å². The van der Waals surface area contributed by atoms with E-state index in [1.54, 1.807) is 12.1 Å². The molecule has 0 saturated heterocycles. The highest BCUT2D eigenvalue weighted by Gasteiger charge is 2.15. The largest absolute Gasteiger partial charge is 0.238 e. The van der Waals surface area contributed by atoms with E-state index < -0.39 is 18.1 Å². The minimum Gasteiger partial charge on any atom is -0.225 e.